The largest absolute Gasteiger partial charge is 0.495 e. The zero-order chi connectivity index (χ0) is 16.2. The minimum Gasteiger partial charge on any atom is -0.495 e. The molecule has 2 aromatic carbocycles. The fourth-order valence-corrected chi connectivity index (χ4v) is 3.39. The van der Waals surface area contributed by atoms with Gasteiger partial charge in [-0.25, -0.2) is 0 Å². The maximum atomic E-state index is 6.35. The summed E-state index contributed by atoms with van der Waals surface area (Å²) in [6.45, 7) is 5.14. The number of halogens is 1. The molecule has 3 rings (SSSR count). The molecule has 0 amide bonds. The van der Waals surface area contributed by atoms with Crippen LogP contribution in [0.1, 0.15) is 17.5 Å². The molecule has 2 aromatic rings. The Balaban J connectivity index is 1.92. The highest BCUT2D eigenvalue weighted by atomic mass is 35.5. The SMILES string of the molecule is COc1ccc(N(Cc2ccccc2C)C2CCNC2)cc1Cl. The number of hydrogen-bond donors (Lipinski definition) is 1. The molecule has 0 bridgehead atoms. The van der Waals surface area contributed by atoms with E-state index in [-0.39, 0.29) is 0 Å². The number of rotatable bonds is 5. The molecule has 0 aliphatic carbocycles. The number of benzene rings is 2. The number of nitrogens with one attached hydrogen (secondary N) is 1. The third-order valence-corrected chi connectivity index (χ3v) is 4.84. The van der Waals surface area contributed by atoms with Crippen molar-refractivity contribution in [3.05, 3.63) is 58.6 Å². The summed E-state index contributed by atoms with van der Waals surface area (Å²) in [6.07, 6.45) is 1.15. The summed E-state index contributed by atoms with van der Waals surface area (Å²) >= 11 is 6.35. The highest BCUT2D eigenvalue weighted by Crippen LogP contribution is 2.32. The summed E-state index contributed by atoms with van der Waals surface area (Å²) in [5.41, 5.74) is 3.82. The molecular weight excluding hydrogens is 308 g/mol. The summed E-state index contributed by atoms with van der Waals surface area (Å²) in [7, 11) is 1.65. The second kappa shape index (κ2) is 7.24. The van der Waals surface area contributed by atoms with Crippen LogP contribution < -0.4 is 15.0 Å². The van der Waals surface area contributed by atoms with Crippen LogP contribution in [0.15, 0.2) is 42.5 Å². The normalized spacial score (nSPS) is 17.3. The van der Waals surface area contributed by atoms with Crippen LogP contribution >= 0.6 is 11.6 Å². The number of ether oxygens (including phenoxy) is 1. The number of anilines is 1. The van der Waals surface area contributed by atoms with E-state index in [9.17, 15) is 0 Å². The van der Waals surface area contributed by atoms with Gasteiger partial charge in [0.2, 0.25) is 0 Å². The Kier molecular flexibility index (Phi) is 5.09. The second-order valence-corrected chi connectivity index (χ2v) is 6.43. The first kappa shape index (κ1) is 16.2. The number of aryl methyl sites for hydroxylation is 1. The third-order valence-electron chi connectivity index (χ3n) is 4.54. The highest BCUT2D eigenvalue weighted by Gasteiger charge is 2.23. The van der Waals surface area contributed by atoms with Gasteiger partial charge in [-0.1, -0.05) is 35.9 Å². The molecule has 1 saturated heterocycles. The van der Waals surface area contributed by atoms with E-state index in [4.69, 9.17) is 16.3 Å². The number of hydrogen-bond acceptors (Lipinski definition) is 3. The van der Waals surface area contributed by atoms with Gasteiger partial charge in [0, 0.05) is 24.8 Å². The molecule has 0 radical (unpaired) electrons. The maximum absolute atomic E-state index is 6.35. The molecule has 3 nitrogen and oxygen atoms in total. The van der Waals surface area contributed by atoms with E-state index in [0.717, 1.165) is 37.5 Å². The lowest BCUT2D eigenvalue weighted by Crippen LogP contribution is -2.36. The van der Waals surface area contributed by atoms with Crippen molar-refractivity contribution in [2.75, 3.05) is 25.1 Å². The van der Waals surface area contributed by atoms with Gasteiger partial charge in [0.1, 0.15) is 5.75 Å². The number of nitrogens with zero attached hydrogens (tertiary/aromatic N) is 1. The molecule has 0 aromatic heterocycles. The van der Waals surface area contributed by atoms with E-state index >= 15 is 0 Å². The van der Waals surface area contributed by atoms with Crippen molar-refractivity contribution in [3.63, 3.8) is 0 Å². The van der Waals surface area contributed by atoms with Crippen LogP contribution in [0.25, 0.3) is 0 Å². The third kappa shape index (κ3) is 3.62. The van der Waals surface area contributed by atoms with Crippen LogP contribution in [0.2, 0.25) is 5.02 Å². The van der Waals surface area contributed by atoms with Crippen LogP contribution in [0.5, 0.6) is 5.75 Å². The smallest absolute Gasteiger partial charge is 0.137 e. The van der Waals surface area contributed by atoms with Crippen molar-refractivity contribution in [1.29, 1.82) is 0 Å². The average Bonchev–Trinajstić information content (AvgIpc) is 3.08. The van der Waals surface area contributed by atoms with Gasteiger partial charge in [0.05, 0.1) is 12.1 Å². The predicted octanol–water partition coefficient (Wildman–Crippen LogP) is 4.03. The average molecular weight is 331 g/mol. The first-order chi connectivity index (χ1) is 11.2. The molecular formula is C19H23ClN2O. The molecule has 1 unspecified atom stereocenters. The number of methoxy groups -OCH3 is 1. The van der Waals surface area contributed by atoms with Crippen molar-refractivity contribution in [2.45, 2.75) is 25.9 Å². The minimum absolute atomic E-state index is 0.485. The van der Waals surface area contributed by atoms with E-state index in [2.05, 4.69) is 47.5 Å². The minimum atomic E-state index is 0.485. The molecule has 0 saturated carbocycles. The van der Waals surface area contributed by atoms with E-state index < -0.39 is 0 Å². The Bertz CT molecular complexity index is 668. The molecule has 1 aliphatic heterocycles. The molecule has 23 heavy (non-hydrogen) atoms. The monoisotopic (exact) mass is 330 g/mol. The lowest BCUT2D eigenvalue weighted by molar-refractivity contribution is 0.415. The Labute approximate surface area is 143 Å². The first-order valence-corrected chi connectivity index (χ1v) is 8.42. The second-order valence-electron chi connectivity index (χ2n) is 6.02. The molecule has 122 valence electrons. The van der Waals surface area contributed by atoms with E-state index in [0.29, 0.717) is 11.1 Å². The first-order valence-electron chi connectivity index (χ1n) is 8.04. The maximum Gasteiger partial charge on any atom is 0.137 e. The van der Waals surface area contributed by atoms with Gasteiger partial charge in [-0.2, -0.15) is 0 Å². The zero-order valence-electron chi connectivity index (χ0n) is 13.7. The standard InChI is InChI=1S/C19H23ClN2O/c1-14-5-3-4-6-15(14)13-22(17-9-10-21-12-17)16-7-8-19(23-2)18(20)11-16/h3-8,11,17,21H,9-10,12-13H2,1-2H3. The topological polar surface area (TPSA) is 24.5 Å². The van der Waals surface area contributed by atoms with Gasteiger partial charge in [-0.3, -0.25) is 0 Å². The summed E-state index contributed by atoms with van der Waals surface area (Å²) in [5.74, 6) is 0.718. The van der Waals surface area contributed by atoms with Crippen LogP contribution in [-0.2, 0) is 6.54 Å². The summed E-state index contributed by atoms with van der Waals surface area (Å²) in [6, 6.07) is 15.1. The van der Waals surface area contributed by atoms with Crippen molar-refractivity contribution in [1.82, 2.24) is 5.32 Å². The van der Waals surface area contributed by atoms with E-state index in [1.807, 2.05) is 12.1 Å². The van der Waals surface area contributed by atoms with Gasteiger partial charge in [0.15, 0.2) is 0 Å². The summed E-state index contributed by atoms with van der Waals surface area (Å²) < 4.78 is 5.28. The van der Waals surface area contributed by atoms with Crippen LogP contribution in [0.4, 0.5) is 5.69 Å². The highest BCUT2D eigenvalue weighted by molar-refractivity contribution is 6.32. The van der Waals surface area contributed by atoms with Crippen molar-refractivity contribution < 1.29 is 4.74 Å². The fraction of sp³-hybridized carbons (Fsp3) is 0.368. The zero-order valence-corrected chi connectivity index (χ0v) is 14.4. The van der Waals surface area contributed by atoms with Crippen molar-refractivity contribution in [2.24, 2.45) is 0 Å². The quantitative estimate of drug-likeness (QED) is 0.896. The Morgan fingerprint density at radius 2 is 2.09 bits per heavy atom. The van der Waals surface area contributed by atoms with Crippen LogP contribution in [0, 0.1) is 6.92 Å². The van der Waals surface area contributed by atoms with Gasteiger partial charge in [-0.05, 0) is 49.2 Å². The fourth-order valence-electron chi connectivity index (χ4n) is 3.14. The Hall–Kier alpha value is -1.71. The van der Waals surface area contributed by atoms with Crippen molar-refractivity contribution in [3.8, 4) is 5.75 Å². The lowest BCUT2D eigenvalue weighted by atomic mass is 10.1. The molecule has 1 aliphatic rings. The van der Waals surface area contributed by atoms with Gasteiger partial charge >= 0.3 is 0 Å². The Morgan fingerprint density at radius 3 is 2.74 bits per heavy atom. The molecule has 1 atom stereocenters. The van der Waals surface area contributed by atoms with Crippen LogP contribution in [0.3, 0.4) is 0 Å². The molecule has 1 fully saturated rings. The summed E-state index contributed by atoms with van der Waals surface area (Å²) in [4.78, 5) is 2.45. The van der Waals surface area contributed by atoms with E-state index in [1.54, 1.807) is 7.11 Å². The van der Waals surface area contributed by atoms with Gasteiger partial charge in [0.25, 0.3) is 0 Å². The summed E-state index contributed by atoms with van der Waals surface area (Å²) in [5, 5.41) is 4.12. The van der Waals surface area contributed by atoms with Gasteiger partial charge < -0.3 is 15.0 Å². The molecule has 1 N–H and O–H groups in total. The van der Waals surface area contributed by atoms with Gasteiger partial charge in [-0.15, -0.1) is 0 Å². The molecule has 4 heteroatoms. The Morgan fingerprint density at radius 1 is 1.26 bits per heavy atom. The molecule has 1 heterocycles. The predicted molar refractivity (Wildman–Crippen MR) is 96.6 cm³/mol. The van der Waals surface area contributed by atoms with Crippen LogP contribution in [-0.4, -0.2) is 26.2 Å². The van der Waals surface area contributed by atoms with Crippen molar-refractivity contribution >= 4 is 17.3 Å². The lowest BCUT2D eigenvalue weighted by Gasteiger charge is -2.31. The van der Waals surface area contributed by atoms with E-state index in [1.165, 1.54) is 11.1 Å². The molecule has 0 spiro atoms.